The molecule has 0 fully saturated rings. The Morgan fingerprint density at radius 2 is 2.22 bits per heavy atom. The summed E-state index contributed by atoms with van der Waals surface area (Å²) in [5, 5.41) is 0.699. The summed E-state index contributed by atoms with van der Waals surface area (Å²) in [4.78, 5) is 4.35. The van der Waals surface area contributed by atoms with E-state index in [0.29, 0.717) is 17.2 Å². The van der Waals surface area contributed by atoms with E-state index in [9.17, 15) is 0 Å². The van der Waals surface area contributed by atoms with Crippen LogP contribution in [0.4, 0.5) is 0 Å². The maximum Gasteiger partial charge on any atom is 0.0648 e. The summed E-state index contributed by atoms with van der Waals surface area (Å²) in [6, 6.07) is 0.565. The molecule has 2 heteroatoms. The van der Waals surface area contributed by atoms with Gasteiger partial charge in [-0.25, -0.2) is 0 Å². The molecule has 0 radical (unpaired) electrons. The maximum absolute atomic E-state index is 4.35. The van der Waals surface area contributed by atoms with Crippen LogP contribution in [0, 0.1) is 5.92 Å². The summed E-state index contributed by atoms with van der Waals surface area (Å²) in [5.74, 6) is 0.700. The molecule has 2 unspecified atom stereocenters. The minimum absolute atomic E-state index is 0.565. The van der Waals surface area contributed by atoms with Crippen molar-refractivity contribution in [3.05, 3.63) is 0 Å². The molecule has 1 aliphatic heterocycles. The van der Waals surface area contributed by atoms with Crippen molar-refractivity contribution >= 4 is 17.3 Å². The Morgan fingerprint density at radius 3 is 2.44 bits per heavy atom. The van der Waals surface area contributed by atoms with E-state index in [1.807, 2.05) is 17.3 Å². The van der Waals surface area contributed by atoms with Gasteiger partial charge in [0.05, 0.1) is 11.6 Å². The fraction of sp³-hybridized carbons (Fsp3) is 0.857. The zero-order chi connectivity index (χ0) is 6.85. The van der Waals surface area contributed by atoms with Crippen LogP contribution in [0.2, 0.25) is 0 Å². The molecule has 0 aliphatic carbocycles. The smallest absolute Gasteiger partial charge is 0.0648 e. The van der Waals surface area contributed by atoms with Crippen molar-refractivity contribution in [3.8, 4) is 0 Å². The van der Waals surface area contributed by atoms with Crippen LogP contribution in [-0.4, -0.2) is 16.8 Å². The van der Waals surface area contributed by atoms with Crippen LogP contribution in [0.25, 0.3) is 0 Å². The predicted octanol–water partition coefficient (Wildman–Crippen LogP) is 2.17. The second-order valence-electron chi connectivity index (χ2n) is 2.83. The highest BCUT2D eigenvalue weighted by molar-refractivity contribution is 8.12. The minimum atomic E-state index is 0.565. The van der Waals surface area contributed by atoms with Gasteiger partial charge in [-0.2, -0.15) is 0 Å². The number of rotatable bonds is 1. The summed E-state index contributed by atoms with van der Waals surface area (Å²) in [6.07, 6.45) is 0. The van der Waals surface area contributed by atoms with Gasteiger partial charge in [-0.05, 0) is 5.92 Å². The van der Waals surface area contributed by atoms with E-state index in [0.717, 1.165) is 0 Å². The fourth-order valence-electron chi connectivity index (χ4n) is 1.12. The number of thioether (sulfide) groups is 1. The molecule has 0 aromatic carbocycles. The maximum atomic E-state index is 4.35. The number of hydrogen-bond acceptors (Lipinski definition) is 2. The molecular formula is C7H13NS. The largest absolute Gasteiger partial charge is 0.282 e. The summed E-state index contributed by atoms with van der Waals surface area (Å²) >= 11 is 1.84. The molecule has 0 spiro atoms. The standard InChI is InChI=1S/C7H13NS/c1-5(2)7-6(3)9-4-8-7/h4-7H,1-3H3. The first-order chi connectivity index (χ1) is 4.22. The highest BCUT2D eigenvalue weighted by Crippen LogP contribution is 2.26. The molecular weight excluding hydrogens is 130 g/mol. The van der Waals surface area contributed by atoms with E-state index in [-0.39, 0.29) is 0 Å². The van der Waals surface area contributed by atoms with Crippen molar-refractivity contribution in [3.63, 3.8) is 0 Å². The quantitative estimate of drug-likeness (QED) is 0.548. The predicted molar refractivity (Wildman–Crippen MR) is 44.2 cm³/mol. The van der Waals surface area contributed by atoms with Gasteiger partial charge in [0.2, 0.25) is 0 Å². The van der Waals surface area contributed by atoms with Crippen molar-refractivity contribution in [2.24, 2.45) is 10.9 Å². The van der Waals surface area contributed by atoms with Gasteiger partial charge in [0.1, 0.15) is 0 Å². The second-order valence-corrected chi connectivity index (χ2v) is 4.06. The molecule has 1 heterocycles. The monoisotopic (exact) mass is 143 g/mol. The molecule has 1 aliphatic rings. The molecule has 52 valence electrons. The van der Waals surface area contributed by atoms with Crippen LogP contribution >= 0.6 is 11.8 Å². The third kappa shape index (κ3) is 1.48. The molecule has 0 aromatic heterocycles. The average Bonchev–Trinajstić information content (AvgIpc) is 2.13. The van der Waals surface area contributed by atoms with Crippen molar-refractivity contribution in [1.82, 2.24) is 0 Å². The molecule has 0 amide bonds. The zero-order valence-corrected chi connectivity index (χ0v) is 6.98. The third-order valence-electron chi connectivity index (χ3n) is 1.67. The lowest BCUT2D eigenvalue weighted by molar-refractivity contribution is 0.500. The van der Waals surface area contributed by atoms with Crippen LogP contribution in [0.3, 0.4) is 0 Å². The van der Waals surface area contributed by atoms with Gasteiger partial charge in [0, 0.05) is 5.25 Å². The van der Waals surface area contributed by atoms with E-state index >= 15 is 0 Å². The Bertz CT molecular complexity index is 120. The fourth-order valence-corrected chi connectivity index (χ4v) is 2.07. The molecule has 1 nitrogen and oxygen atoms in total. The highest BCUT2D eigenvalue weighted by Gasteiger charge is 2.22. The second kappa shape index (κ2) is 2.74. The van der Waals surface area contributed by atoms with Crippen molar-refractivity contribution in [2.75, 3.05) is 0 Å². The number of nitrogens with zero attached hydrogens (tertiary/aromatic N) is 1. The van der Waals surface area contributed by atoms with Crippen molar-refractivity contribution in [2.45, 2.75) is 32.1 Å². The van der Waals surface area contributed by atoms with Crippen LogP contribution in [0.1, 0.15) is 20.8 Å². The van der Waals surface area contributed by atoms with Gasteiger partial charge in [-0.1, -0.05) is 20.8 Å². The van der Waals surface area contributed by atoms with Gasteiger partial charge in [0.25, 0.3) is 0 Å². The Kier molecular flexibility index (Phi) is 2.17. The van der Waals surface area contributed by atoms with Gasteiger partial charge >= 0.3 is 0 Å². The third-order valence-corrected chi connectivity index (χ3v) is 2.62. The van der Waals surface area contributed by atoms with E-state index in [2.05, 4.69) is 25.8 Å². The average molecular weight is 143 g/mol. The molecule has 9 heavy (non-hydrogen) atoms. The van der Waals surface area contributed by atoms with Crippen LogP contribution in [0.15, 0.2) is 4.99 Å². The van der Waals surface area contributed by atoms with Gasteiger partial charge in [-0.15, -0.1) is 11.8 Å². The molecule has 0 saturated heterocycles. The zero-order valence-electron chi connectivity index (χ0n) is 6.16. The van der Waals surface area contributed by atoms with Crippen molar-refractivity contribution < 1.29 is 0 Å². The van der Waals surface area contributed by atoms with Gasteiger partial charge in [0.15, 0.2) is 0 Å². The Labute approximate surface area is 60.9 Å². The van der Waals surface area contributed by atoms with E-state index < -0.39 is 0 Å². The summed E-state index contributed by atoms with van der Waals surface area (Å²) in [6.45, 7) is 6.69. The first kappa shape index (κ1) is 7.13. The first-order valence-corrected chi connectivity index (χ1v) is 4.33. The molecule has 0 N–H and O–H groups in total. The van der Waals surface area contributed by atoms with Crippen LogP contribution in [0.5, 0.6) is 0 Å². The molecule has 0 aromatic rings. The lowest BCUT2D eigenvalue weighted by Gasteiger charge is -2.15. The normalized spacial score (nSPS) is 34.2. The number of hydrogen-bond donors (Lipinski definition) is 0. The van der Waals surface area contributed by atoms with Crippen molar-refractivity contribution in [1.29, 1.82) is 0 Å². The molecule has 2 atom stereocenters. The Morgan fingerprint density at radius 1 is 1.56 bits per heavy atom. The highest BCUT2D eigenvalue weighted by atomic mass is 32.2. The summed E-state index contributed by atoms with van der Waals surface area (Å²) in [5.41, 5.74) is 1.98. The van der Waals surface area contributed by atoms with Gasteiger partial charge < -0.3 is 0 Å². The minimum Gasteiger partial charge on any atom is -0.282 e. The van der Waals surface area contributed by atoms with Gasteiger partial charge in [-0.3, -0.25) is 4.99 Å². The molecule has 1 rings (SSSR count). The van der Waals surface area contributed by atoms with E-state index in [4.69, 9.17) is 0 Å². The lowest BCUT2D eigenvalue weighted by Crippen LogP contribution is -2.19. The Balaban J connectivity index is 2.49. The summed E-state index contributed by atoms with van der Waals surface area (Å²) in [7, 11) is 0. The number of aliphatic imine (C=N–C) groups is 1. The molecule has 0 saturated carbocycles. The Hall–Kier alpha value is 0.0200. The van der Waals surface area contributed by atoms with Crippen LogP contribution in [-0.2, 0) is 0 Å². The van der Waals surface area contributed by atoms with Crippen LogP contribution < -0.4 is 0 Å². The SMILES string of the molecule is CC(C)C1N=CSC1C. The lowest BCUT2D eigenvalue weighted by atomic mass is 10.0. The topological polar surface area (TPSA) is 12.4 Å². The van der Waals surface area contributed by atoms with E-state index in [1.165, 1.54) is 0 Å². The summed E-state index contributed by atoms with van der Waals surface area (Å²) < 4.78 is 0. The first-order valence-electron chi connectivity index (χ1n) is 3.39. The van der Waals surface area contributed by atoms with E-state index in [1.54, 1.807) is 0 Å². The molecule has 0 bridgehead atoms.